The predicted octanol–water partition coefficient (Wildman–Crippen LogP) is 2.81. The van der Waals surface area contributed by atoms with Crippen LogP contribution >= 0.6 is 11.3 Å². The summed E-state index contributed by atoms with van der Waals surface area (Å²) in [5.74, 6) is 0.597. The molecule has 0 bridgehead atoms. The minimum Gasteiger partial charge on any atom is -0.493 e. The van der Waals surface area contributed by atoms with E-state index in [2.05, 4.69) is 4.98 Å². The van der Waals surface area contributed by atoms with E-state index in [1.54, 1.807) is 19.1 Å². The highest BCUT2D eigenvalue weighted by atomic mass is 32.1. The molecule has 3 aromatic rings. The van der Waals surface area contributed by atoms with E-state index in [-0.39, 0.29) is 12.3 Å². The highest BCUT2D eigenvalue weighted by Crippen LogP contribution is 2.33. The van der Waals surface area contributed by atoms with Gasteiger partial charge < -0.3 is 20.1 Å². The summed E-state index contributed by atoms with van der Waals surface area (Å²) in [5.41, 5.74) is 9.24. The molecule has 0 spiro atoms. The Morgan fingerprint density at radius 3 is 2.58 bits per heavy atom. The molecule has 0 saturated heterocycles. The molecule has 8 heteroatoms. The number of amides is 2. The first kappa shape index (κ1) is 20.9. The average Bonchev–Trinajstić information content (AvgIpc) is 3.25. The van der Waals surface area contributed by atoms with Crippen molar-refractivity contribution in [2.75, 3.05) is 14.2 Å². The van der Waals surface area contributed by atoms with Crippen molar-refractivity contribution < 1.29 is 19.1 Å². The third-order valence-electron chi connectivity index (χ3n) is 5.41. The molecule has 1 aliphatic heterocycles. The molecule has 2 heterocycles. The van der Waals surface area contributed by atoms with Gasteiger partial charge in [0.1, 0.15) is 11.0 Å². The molecule has 1 atom stereocenters. The molecule has 2 amide bonds. The molecule has 160 valence electrons. The molecule has 2 aromatic carbocycles. The molecule has 1 aliphatic rings. The topological polar surface area (TPSA) is 94.8 Å². The number of primary amides is 1. The Hall–Kier alpha value is -3.39. The van der Waals surface area contributed by atoms with Crippen LogP contribution in [-0.4, -0.2) is 42.0 Å². The van der Waals surface area contributed by atoms with Crippen LogP contribution in [0.3, 0.4) is 0 Å². The summed E-state index contributed by atoms with van der Waals surface area (Å²) in [6, 6.07) is 12.7. The maximum atomic E-state index is 13.1. The number of nitrogens with zero attached hydrogens (tertiary/aromatic N) is 2. The van der Waals surface area contributed by atoms with Gasteiger partial charge in [0.15, 0.2) is 11.5 Å². The molecule has 1 unspecified atom stereocenters. The number of rotatable bonds is 6. The van der Waals surface area contributed by atoms with Crippen LogP contribution in [0.4, 0.5) is 0 Å². The van der Waals surface area contributed by atoms with Crippen LogP contribution in [0, 0.1) is 0 Å². The summed E-state index contributed by atoms with van der Waals surface area (Å²) in [5, 5.41) is 2.64. The van der Waals surface area contributed by atoms with Crippen LogP contribution in [0.15, 0.2) is 47.8 Å². The van der Waals surface area contributed by atoms with Crippen molar-refractivity contribution in [1.29, 1.82) is 0 Å². The number of thiazole rings is 1. The van der Waals surface area contributed by atoms with Gasteiger partial charge >= 0.3 is 0 Å². The van der Waals surface area contributed by atoms with Gasteiger partial charge in [-0.2, -0.15) is 0 Å². The third kappa shape index (κ3) is 4.25. The fraction of sp³-hybridized carbons (Fsp3) is 0.261. The monoisotopic (exact) mass is 437 g/mol. The van der Waals surface area contributed by atoms with Crippen LogP contribution in [0.25, 0.3) is 10.6 Å². The number of carbonyl (C=O) groups excluding carboxylic acids is 2. The van der Waals surface area contributed by atoms with Crippen LogP contribution in [-0.2, 0) is 29.0 Å². The van der Waals surface area contributed by atoms with E-state index in [0.29, 0.717) is 30.2 Å². The number of fused-ring (bicyclic) bond motifs is 1. The third-order valence-corrected chi connectivity index (χ3v) is 6.35. The van der Waals surface area contributed by atoms with Gasteiger partial charge in [0, 0.05) is 23.9 Å². The molecule has 0 saturated carbocycles. The minimum absolute atomic E-state index is 0.107. The van der Waals surface area contributed by atoms with E-state index in [9.17, 15) is 9.59 Å². The first-order valence-corrected chi connectivity index (χ1v) is 10.7. The fourth-order valence-corrected chi connectivity index (χ4v) is 4.60. The average molecular weight is 438 g/mol. The summed E-state index contributed by atoms with van der Waals surface area (Å²) < 4.78 is 10.6. The van der Waals surface area contributed by atoms with Crippen LogP contribution in [0.5, 0.6) is 11.5 Å². The second-order valence-corrected chi connectivity index (χ2v) is 8.16. The van der Waals surface area contributed by atoms with Gasteiger partial charge in [0.25, 0.3) is 0 Å². The molecule has 2 N–H and O–H groups in total. The Kier molecular flexibility index (Phi) is 5.90. The van der Waals surface area contributed by atoms with Crippen molar-refractivity contribution in [2.45, 2.75) is 25.4 Å². The molecule has 4 rings (SSSR count). The van der Waals surface area contributed by atoms with Crippen LogP contribution in [0.1, 0.15) is 16.8 Å². The maximum Gasteiger partial charge on any atom is 0.240 e. The molecule has 7 nitrogen and oxygen atoms in total. The summed E-state index contributed by atoms with van der Waals surface area (Å²) in [7, 11) is 3.17. The molecular weight excluding hydrogens is 414 g/mol. The second-order valence-electron chi connectivity index (χ2n) is 7.30. The normalized spacial score (nSPS) is 15.3. The Labute approximate surface area is 184 Å². The lowest BCUT2D eigenvalue weighted by Gasteiger charge is -2.35. The molecule has 1 aromatic heterocycles. The lowest BCUT2D eigenvalue weighted by atomic mass is 9.93. The van der Waals surface area contributed by atoms with Gasteiger partial charge in [-0.05, 0) is 29.3 Å². The summed E-state index contributed by atoms with van der Waals surface area (Å²) in [6.07, 6.45) is 0.543. The standard InChI is InChI=1S/C23H23N3O4S/c1-29-19-8-7-15(10-20(19)30-2)23-25-17(13-31-23)11-21(27)26-12-16-6-4-3-5-14(16)9-18(26)22(24)28/h3-8,10,13,18H,9,11-12H2,1-2H3,(H2,24,28). The van der Waals surface area contributed by atoms with E-state index < -0.39 is 11.9 Å². The number of ether oxygens (including phenoxy) is 2. The molecule has 0 radical (unpaired) electrons. The van der Waals surface area contributed by atoms with Crippen LogP contribution in [0.2, 0.25) is 0 Å². The highest BCUT2D eigenvalue weighted by molar-refractivity contribution is 7.13. The Morgan fingerprint density at radius 1 is 1.13 bits per heavy atom. The lowest BCUT2D eigenvalue weighted by Crippen LogP contribution is -2.51. The Bertz CT molecular complexity index is 1130. The van der Waals surface area contributed by atoms with Crippen LogP contribution < -0.4 is 15.2 Å². The quantitative estimate of drug-likeness (QED) is 0.640. The fourth-order valence-electron chi connectivity index (χ4n) is 3.79. The van der Waals surface area contributed by atoms with E-state index in [0.717, 1.165) is 21.7 Å². The number of hydrogen-bond donors (Lipinski definition) is 1. The number of hydrogen-bond acceptors (Lipinski definition) is 6. The number of methoxy groups -OCH3 is 2. The summed E-state index contributed by atoms with van der Waals surface area (Å²) in [6.45, 7) is 0.370. The van der Waals surface area contributed by atoms with Gasteiger partial charge in [-0.25, -0.2) is 4.98 Å². The van der Waals surface area contributed by atoms with Gasteiger partial charge in [-0.1, -0.05) is 24.3 Å². The van der Waals surface area contributed by atoms with Gasteiger partial charge in [0.2, 0.25) is 11.8 Å². The van der Waals surface area contributed by atoms with Crippen molar-refractivity contribution in [3.63, 3.8) is 0 Å². The van der Waals surface area contributed by atoms with Crippen molar-refractivity contribution in [3.8, 4) is 22.1 Å². The van der Waals surface area contributed by atoms with E-state index in [4.69, 9.17) is 15.2 Å². The highest BCUT2D eigenvalue weighted by Gasteiger charge is 2.33. The van der Waals surface area contributed by atoms with E-state index in [1.165, 1.54) is 11.3 Å². The molecular formula is C23H23N3O4S. The zero-order chi connectivity index (χ0) is 22.0. The van der Waals surface area contributed by atoms with Gasteiger partial charge in [-0.3, -0.25) is 9.59 Å². The smallest absolute Gasteiger partial charge is 0.240 e. The van der Waals surface area contributed by atoms with E-state index >= 15 is 0 Å². The number of carbonyl (C=O) groups is 2. The van der Waals surface area contributed by atoms with Gasteiger partial charge in [-0.15, -0.1) is 11.3 Å². The number of aromatic nitrogens is 1. The number of benzene rings is 2. The largest absolute Gasteiger partial charge is 0.493 e. The summed E-state index contributed by atoms with van der Waals surface area (Å²) in [4.78, 5) is 31.3. The molecule has 31 heavy (non-hydrogen) atoms. The van der Waals surface area contributed by atoms with Crippen molar-refractivity contribution >= 4 is 23.2 Å². The lowest BCUT2D eigenvalue weighted by molar-refractivity contribution is -0.140. The number of nitrogens with two attached hydrogens (primary N) is 1. The zero-order valence-corrected chi connectivity index (χ0v) is 18.1. The zero-order valence-electron chi connectivity index (χ0n) is 17.3. The predicted molar refractivity (Wildman–Crippen MR) is 118 cm³/mol. The second kappa shape index (κ2) is 8.77. The Morgan fingerprint density at radius 2 is 1.87 bits per heavy atom. The van der Waals surface area contributed by atoms with Crippen molar-refractivity contribution in [3.05, 3.63) is 64.7 Å². The SMILES string of the molecule is COc1ccc(-c2nc(CC(=O)N3Cc4ccccc4CC3C(N)=O)cs2)cc1OC. The first-order chi connectivity index (χ1) is 15.0. The first-order valence-electron chi connectivity index (χ1n) is 9.82. The molecule has 0 aliphatic carbocycles. The molecule has 0 fully saturated rings. The maximum absolute atomic E-state index is 13.1. The van der Waals surface area contributed by atoms with Crippen molar-refractivity contribution in [1.82, 2.24) is 9.88 Å². The van der Waals surface area contributed by atoms with Crippen molar-refractivity contribution in [2.24, 2.45) is 5.73 Å². The summed E-state index contributed by atoms with van der Waals surface area (Å²) >= 11 is 1.45. The minimum atomic E-state index is -0.647. The van der Waals surface area contributed by atoms with E-state index in [1.807, 2.05) is 47.8 Å². The Balaban J connectivity index is 1.53. The van der Waals surface area contributed by atoms with Gasteiger partial charge in [0.05, 0.1) is 26.3 Å².